The SMILES string of the molecule is C=CC=c1c(=C)c2cccc3c4cc(N(c5ccc(-c6ccc([Si](c7ccccc7)(c7ccccc7)c7ccccc7)cc6)cc5)c5ccc(C6C=CC(n7c8ccccc8c8ccccc87)=CC6)cc5)ccc4n1c23. The van der Waals surface area contributed by atoms with Crippen molar-refractivity contribution in [2.24, 2.45) is 0 Å². The van der Waals surface area contributed by atoms with Crippen LogP contribution in [0.3, 0.4) is 0 Å². The molecule has 1 atom stereocenters. The highest BCUT2D eigenvalue weighted by Gasteiger charge is 2.41. The molecule has 0 saturated carbocycles. The van der Waals surface area contributed by atoms with Crippen molar-refractivity contribution >= 4 is 113 Å². The maximum absolute atomic E-state index is 4.51. The van der Waals surface area contributed by atoms with Gasteiger partial charge in [-0.05, 0) is 111 Å². The van der Waals surface area contributed by atoms with Gasteiger partial charge in [-0.15, -0.1) is 0 Å². The molecular weight excluding hydrogens is 935 g/mol. The predicted octanol–water partition coefficient (Wildman–Crippen LogP) is 14.3. The molecule has 3 aromatic heterocycles. The van der Waals surface area contributed by atoms with Crippen molar-refractivity contribution in [1.82, 2.24) is 8.97 Å². The summed E-state index contributed by atoms with van der Waals surface area (Å²) in [5, 5.41) is 13.7. The van der Waals surface area contributed by atoms with Crippen LogP contribution in [0.15, 0.2) is 280 Å². The van der Waals surface area contributed by atoms with E-state index in [2.05, 4.69) is 300 Å². The summed E-state index contributed by atoms with van der Waals surface area (Å²) in [5.74, 6) is 0.265. The molecule has 0 N–H and O–H groups in total. The molecule has 1 aliphatic rings. The largest absolute Gasteiger partial charge is 0.310 e. The fraction of sp³-hybridized carbons (Fsp3) is 0.0278. The Morgan fingerprint density at radius 1 is 0.461 bits per heavy atom. The van der Waals surface area contributed by atoms with E-state index in [1.54, 1.807) is 0 Å². The highest BCUT2D eigenvalue weighted by atomic mass is 28.3. The maximum atomic E-state index is 4.51. The number of benzene rings is 10. The van der Waals surface area contributed by atoms with Gasteiger partial charge in [0.05, 0.1) is 27.4 Å². The maximum Gasteiger partial charge on any atom is 0.179 e. The number of nitrogens with zero attached hydrogens (tertiary/aromatic N) is 3. The van der Waals surface area contributed by atoms with Gasteiger partial charge in [0.15, 0.2) is 8.07 Å². The molecule has 1 unspecified atom stereocenters. The topological polar surface area (TPSA) is 12.6 Å². The van der Waals surface area contributed by atoms with Crippen LogP contribution in [-0.4, -0.2) is 17.0 Å². The summed E-state index contributed by atoms with van der Waals surface area (Å²) >= 11 is 0. The van der Waals surface area contributed by atoms with Crippen molar-refractivity contribution in [3.63, 3.8) is 0 Å². The molecule has 10 aromatic carbocycles. The molecule has 3 heterocycles. The third-order valence-corrected chi connectivity index (χ3v) is 20.9. The van der Waals surface area contributed by atoms with E-state index >= 15 is 0 Å². The van der Waals surface area contributed by atoms with Crippen LogP contribution >= 0.6 is 0 Å². The van der Waals surface area contributed by atoms with Gasteiger partial charge in [0.25, 0.3) is 0 Å². The average Bonchev–Trinajstić information content (AvgIpc) is 4.11. The lowest BCUT2D eigenvalue weighted by molar-refractivity contribution is 0.850. The van der Waals surface area contributed by atoms with Crippen LogP contribution in [0.25, 0.3) is 78.5 Å². The quantitative estimate of drug-likeness (QED) is 0.0929. The number of rotatable bonds is 11. The predicted molar refractivity (Wildman–Crippen MR) is 327 cm³/mol. The van der Waals surface area contributed by atoms with E-state index in [1.165, 1.54) is 86.6 Å². The van der Waals surface area contributed by atoms with Crippen molar-refractivity contribution in [3.05, 3.63) is 296 Å². The van der Waals surface area contributed by atoms with E-state index in [0.717, 1.165) is 39.6 Å². The number of aromatic nitrogens is 2. The number of hydrogen-bond acceptors (Lipinski definition) is 1. The Hall–Kier alpha value is -9.48. The number of allylic oxidation sites excluding steroid dienone is 5. The molecule has 76 heavy (non-hydrogen) atoms. The van der Waals surface area contributed by atoms with Gasteiger partial charge in [-0.3, -0.25) is 0 Å². The van der Waals surface area contributed by atoms with Crippen molar-refractivity contribution in [3.8, 4) is 11.1 Å². The summed E-state index contributed by atoms with van der Waals surface area (Å²) in [7, 11) is -2.65. The Balaban J connectivity index is 0.836. The normalized spacial score (nSPS) is 14.1. The van der Waals surface area contributed by atoms with Crippen molar-refractivity contribution in [2.75, 3.05) is 4.90 Å². The molecule has 0 saturated heterocycles. The molecule has 1 aliphatic carbocycles. The lowest BCUT2D eigenvalue weighted by atomic mass is 9.91. The van der Waals surface area contributed by atoms with Crippen LogP contribution < -0.4 is 36.2 Å². The fourth-order valence-electron chi connectivity index (χ4n) is 12.6. The van der Waals surface area contributed by atoms with E-state index in [1.807, 2.05) is 6.08 Å². The highest BCUT2D eigenvalue weighted by molar-refractivity contribution is 7.19. The van der Waals surface area contributed by atoms with Gasteiger partial charge in [0, 0.05) is 60.8 Å². The Morgan fingerprint density at radius 3 is 1.53 bits per heavy atom. The third kappa shape index (κ3) is 7.17. The molecule has 0 bridgehead atoms. The molecule has 3 nitrogen and oxygen atoms in total. The fourth-order valence-corrected chi connectivity index (χ4v) is 17.3. The summed E-state index contributed by atoms with van der Waals surface area (Å²) < 4.78 is 4.77. The first kappa shape index (κ1) is 45.2. The van der Waals surface area contributed by atoms with E-state index in [-0.39, 0.29) is 5.92 Å². The monoisotopic (exact) mass is 987 g/mol. The minimum Gasteiger partial charge on any atom is -0.310 e. The van der Waals surface area contributed by atoms with E-state index in [4.69, 9.17) is 0 Å². The Labute approximate surface area is 443 Å². The highest BCUT2D eigenvalue weighted by Crippen LogP contribution is 2.41. The standard InChI is InChI=1S/C72H53N3Si/c1-3-18-68-50(2)63-27-17-28-66-67-49-58(45-48-71(67)75(68)72(63)66)73(55-39-31-51(32-40-55)52-35-43-57(44-36-52)74-69-29-15-13-25-64(69)65-26-14-16-30-70(65)74)56-41-33-53(34-42-56)54-37-46-62(47-38-54)76(59-19-7-4-8-20-59,60-21-9-5-10-22-60)61-23-11-6-12-24-61/h3-35,37-49,52H,1-2,36H2. The minimum absolute atomic E-state index is 0.265. The zero-order valence-corrected chi connectivity index (χ0v) is 43.1. The lowest BCUT2D eigenvalue weighted by Crippen LogP contribution is -2.74. The van der Waals surface area contributed by atoms with Crippen LogP contribution in [0, 0.1) is 0 Å². The molecule has 0 aliphatic heterocycles. The number of hydrogen-bond donors (Lipinski definition) is 0. The van der Waals surface area contributed by atoms with Gasteiger partial charge in [-0.1, -0.05) is 226 Å². The molecule has 0 spiro atoms. The second-order valence-electron chi connectivity index (χ2n) is 20.1. The van der Waals surface area contributed by atoms with Gasteiger partial charge in [-0.2, -0.15) is 0 Å². The summed E-state index contributed by atoms with van der Waals surface area (Å²) in [4.78, 5) is 2.41. The lowest BCUT2D eigenvalue weighted by Gasteiger charge is -2.34. The molecule has 0 fully saturated rings. The molecule has 4 heteroatoms. The van der Waals surface area contributed by atoms with Crippen molar-refractivity contribution < 1.29 is 0 Å². The zero-order valence-electron chi connectivity index (χ0n) is 42.1. The van der Waals surface area contributed by atoms with Gasteiger partial charge >= 0.3 is 0 Å². The zero-order chi connectivity index (χ0) is 50.7. The summed E-state index contributed by atoms with van der Waals surface area (Å²) in [6.07, 6.45) is 12.0. The van der Waals surface area contributed by atoms with E-state index < -0.39 is 8.07 Å². The average molecular weight is 988 g/mol. The first-order chi connectivity index (χ1) is 37.6. The van der Waals surface area contributed by atoms with Crippen LogP contribution in [0.4, 0.5) is 17.1 Å². The second-order valence-corrected chi connectivity index (χ2v) is 23.9. The molecule has 360 valence electrons. The number of para-hydroxylation sites is 3. The first-order valence-electron chi connectivity index (χ1n) is 26.3. The number of fused-ring (bicyclic) bond motifs is 6. The van der Waals surface area contributed by atoms with Gasteiger partial charge < -0.3 is 13.9 Å². The number of anilines is 3. The minimum atomic E-state index is -2.65. The van der Waals surface area contributed by atoms with Crippen molar-refractivity contribution in [2.45, 2.75) is 12.3 Å². The van der Waals surface area contributed by atoms with Crippen LogP contribution in [0.5, 0.6) is 0 Å². The van der Waals surface area contributed by atoms with Crippen LogP contribution in [0.1, 0.15) is 17.9 Å². The van der Waals surface area contributed by atoms with Crippen LogP contribution in [0.2, 0.25) is 0 Å². The van der Waals surface area contributed by atoms with E-state index in [0.29, 0.717) is 0 Å². The van der Waals surface area contributed by atoms with Gasteiger partial charge in [0.1, 0.15) is 0 Å². The third-order valence-electron chi connectivity index (χ3n) is 16.1. The van der Waals surface area contributed by atoms with Crippen LogP contribution in [-0.2, 0) is 0 Å². The summed E-state index contributed by atoms with van der Waals surface area (Å²) in [6.45, 7) is 8.56. The molecule has 0 radical (unpaired) electrons. The molecule has 14 rings (SSSR count). The summed E-state index contributed by atoms with van der Waals surface area (Å²) in [5.41, 5.74) is 13.0. The van der Waals surface area contributed by atoms with Crippen molar-refractivity contribution in [1.29, 1.82) is 0 Å². The molecule has 13 aromatic rings. The molecule has 0 amide bonds. The molecular formula is C72H53N3Si. The van der Waals surface area contributed by atoms with Gasteiger partial charge in [-0.25, -0.2) is 0 Å². The smallest absolute Gasteiger partial charge is 0.179 e. The Morgan fingerprint density at radius 2 is 0.961 bits per heavy atom. The first-order valence-corrected chi connectivity index (χ1v) is 28.3. The Bertz CT molecular complexity index is 4340. The van der Waals surface area contributed by atoms with Gasteiger partial charge in [0.2, 0.25) is 0 Å². The van der Waals surface area contributed by atoms with E-state index in [9.17, 15) is 0 Å². The second kappa shape index (κ2) is 18.5. The Kier molecular flexibility index (Phi) is 11.0. The summed E-state index contributed by atoms with van der Waals surface area (Å²) in [6, 6.07) is 92.2.